The lowest BCUT2D eigenvalue weighted by atomic mass is 10.0. The zero-order valence-electron chi connectivity index (χ0n) is 12.8. The first-order chi connectivity index (χ1) is 9.63. The number of aliphatic hydroxyl groups excluding tert-OH is 1. The predicted octanol–water partition coefficient (Wildman–Crippen LogP) is 1.84. The van der Waals surface area contributed by atoms with Crippen LogP contribution in [0.2, 0.25) is 0 Å². The van der Waals surface area contributed by atoms with Crippen LogP contribution in [0.1, 0.15) is 38.7 Å². The lowest BCUT2D eigenvalue weighted by molar-refractivity contribution is 0.170. The van der Waals surface area contributed by atoms with Crippen molar-refractivity contribution in [2.24, 2.45) is 0 Å². The summed E-state index contributed by atoms with van der Waals surface area (Å²) in [6.45, 7) is 7.72. The fraction of sp³-hybridized carbons (Fsp3) is 0.714. The van der Waals surface area contributed by atoms with Gasteiger partial charge in [-0.1, -0.05) is 13.8 Å². The van der Waals surface area contributed by atoms with E-state index in [1.54, 1.807) is 13.4 Å². The molecule has 0 spiro atoms. The molecule has 0 saturated carbocycles. The summed E-state index contributed by atoms with van der Waals surface area (Å²) in [4.78, 5) is 8.65. The van der Waals surface area contributed by atoms with Crippen LogP contribution in [0.5, 0.6) is 0 Å². The molecule has 1 aromatic rings. The molecule has 0 bridgehead atoms. The van der Waals surface area contributed by atoms with Gasteiger partial charge in [0.2, 0.25) is 0 Å². The highest BCUT2D eigenvalue weighted by Gasteiger charge is 2.17. The number of rotatable bonds is 9. The first-order valence-corrected chi connectivity index (χ1v) is 7.09. The van der Waals surface area contributed by atoms with Crippen molar-refractivity contribution in [3.63, 3.8) is 0 Å². The molecule has 0 aliphatic carbocycles. The maximum absolute atomic E-state index is 9.12. The van der Waals surface area contributed by atoms with Gasteiger partial charge in [-0.3, -0.25) is 0 Å². The Morgan fingerprint density at radius 3 is 2.55 bits per heavy atom. The highest BCUT2D eigenvalue weighted by atomic mass is 16.5. The minimum absolute atomic E-state index is 0.0341. The van der Waals surface area contributed by atoms with Crippen LogP contribution in [0, 0.1) is 0 Å². The third-order valence-corrected chi connectivity index (χ3v) is 2.99. The molecule has 1 rings (SSSR count). The Kier molecular flexibility index (Phi) is 7.25. The smallest absolute Gasteiger partial charge is 0.135 e. The maximum Gasteiger partial charge on any atom is 0.135 e. The van der Waals surface area contributed by atoms with Crippen LogP contribution in [0.25, 0.3) is 0 Å². The monoisotopic (exact) mass is 282 g/mol. The van der Waals surface area contributed by atoms with E-state index in [1.165, 1.54) is 0 Å². The zero-order valence-corrected chi connectivity index (χ0v) is 12.8. The summed E-state index contributed by atoms with van der Waals surface area (Å²) in [6.07, 6.45) is 2.17. The second-order valence-corrected chi connectivity index (χ2v) is 4.98. The fourth-order valence-electron chi connectivity index (χ4n) is 2.11. The van der Waals surface area contributed by atoms with Gasteiger partial charge in [-0.15, -0.1) is 0 Å². The second kappa shape index (κ2) is 8.71. The third-order valence-electron chi connectivity index (χ3n) is 2.99. The van der Waals surface area contributed by atoms with E-state index in [1.807, 2.05) is 6.92 Å². The molecule has 0 saturated heterocycles. The van der Waals surface area contributed by atoms with E-state index in [0.29, 0.717) is 18.9 Å². The van der Waals surface area contributed by atoms with E-state index in [0.717, 1.165) is 23.7 Å². The summed E-state index contributed by atoms with van der Waals surface area (Å²) >= 11 is 0. The van der Waals surface area contributed by atoms with Crippen LogP contribution in [-0.2, 0) is 4.74 Å². The number of methoxy groups -OCH3 is 1. The topological polar surface area (TPSA) is 79.3 Å². The summed E-state index contributed by atoms with van der Waals surface area (Å²) in [5, 5.41) is 15.7. The van der Waals surface area contributed by atoms with E-state index in [-0.39, 0.29) is 12.6 Å². The first kappa shape index (κ1) is 16.7. The highest BCUT2D eigenvalue weighted by molar-refractivity contribution is 5.59. The molecule has 1 heterocycles. The minimum atomic E-state index is 0.0341. The van der Waals surface area contributed by atoms with Gasteiger partial charge in [0.05, 0.1) is 12.6 Å². The normalized spacial score (nSPS) is 12.5. The molecular weight excluding hydrogens is 256 g/mol. The van der Waals surface area contributed by atoms with Crippen LogP contribution in [0.3, 0.4) is 0 Å². The number of hydrogen-bond donors (Lipinski definition) is 3. The van der Waals surface area contributed by atoms with Crippen molar-refractivity contribution in [1.82, 2.24) is 9.97 Å². The van der Waals surface area contributed by atoms with Gasteiger partial charge in [0.25, 0.3) is 0 Å². The molecule has 20 heavy (non-hydrogen) atoms. The molecule has 0 aromatic carbocycles. The largest absolute Gasteiger partial charge is 0.396 e. The molecule has 3 N–H and O–H groups in total. The molecule has 0 amide bonds. The zero-order chi connectivity index (χ0) is 15.0. The Bertz CT molecular complexity index is 393. The second-order valence-electron chi connectivity index (χ2n) is 4.98. The Morgan fingerprint density at radius 2 is 2.00 bits per heavy atom. The van der Waals surface area contributed by atoms with Crippen molar-refractivity contribution in [2.45, 2.75) is 39.2 Å². The summed E-state index contributed by atoms with van der Waals surface area (Å²) in [6, 6.07) is 0.0341. The maximum atomic E-state index is 9.12. The molecule has 0 fully saturated rings. The molecule has 1 atom stereocenters. The van der Waals surface area contributed by atoms with Crippen LogP contribution in [-0.4, -0.2) is 48.0 Å². The SMILES string of the molecule is CCNc1ncnc(NC(CCO)COC)c1C(C)C. The summed E-state index contributed by atoms with van der Waals surface area (Å²) in [5.41, 5.74) is 1.06. The van der Waals surface area contributed by atoms with Gasteiger partial charge in [-0.25, -0.2) is 9.97 Å². The van der Waals surface area contributed by atoms with Crippen molar-refractivity contribution in [3.05, 3.63) is 11.9 Å². The number of anilines is 2. The highest BCUT2D eigenvalue weighted by Crippen LogP contribution is 2.28. The van der Waals surface area contributed by atoms with Gasteiger partial charge in [-0.05, 0) is 19.3 Å². The van der Waals surface area contributed by atoms with E-state index in [4.69, 9.17) is 9.84 Å². The Balaban J connectivity index is 3.00. The number of ether oxygens (including phenoxy) is 1. The molecule has 1 unspecified atom stereocenters. The molecule has 6 heteroatoms. The molecular formula is C14H26N4O2. The summed E-state index contributed by atoms with van der Waals surface area (Å²) in [5.74, 6) is 1.96. The van der Waals surface area contributed by atoms with Crippen molar-refractivity contribution >= 4 is 11.6 Å². The molecule has 6 nitrogen and oxygen atoms in total. The van der Waals surface area contributed by atoms with Gasteiger partial charge in [-0.2, -0.15) is 0 Å². The van der Waals surface area contributed by atoms with E-state index in [9.17, 15) is 0 Å². The molecule has 0 aliphatic heterocycles. The average molecular weight is 282 g/mol. The molecule has 0 aliphatic rings. The van der Waals surface area contributed by atoms with Gasteiger partial charge in [0.1, 0.15) is 18.0 Å². The summed E-state index contributed by atoms with van der Waals surface area (Å²) < 4.78 is 5.17. The fourth-order valence-corrected chi connectivity index (χ4v) is 2.11. The standard InChI is InChI=1S/C14H26N4O2/c1-5-15-13-12(10(2)3)14(17-9-16-13)18-11(6-7-19)8-20-4/h9-11,19H,5-8H2,1-4H3,(H2,15,16,17,18). The number of hydrogen-bond acceptors (Lipinski definition) is 6. The molecule has 1 aromatic heterocycles. The average Bonchev–Trinajstić information content (AvgIpc) is 2.39. The Labute approximate surface area is 121 Å². The van der Waals surface area contributed by atoms with Crippen LogP contribution in [0.4, 0.5) is 11.6 Å². The van der Waals surface area contributed by atoms with Gasteiger partial charge in [0, 0.05) is 25.8 Å². The lowest BCUT2D eigenvalue weighted by Gasteiger charge is -2.22. The first-order valence-electron chi connectivity index (χ1n) is 7.09. The van der Waals surface area contributed by atoms with Crippen LogP contribution in [0.15, 0.2) is 6.33 Å². The van der Waals surface area contributed by atoms with Gasteiger partial charge in [0.15, 0.2) is 0 Å². The van der Waals surface area contributed by atoms with Gasteiger partial charge >= 0.3 is 0 Å². The third kappa shape index (κ3) is 4.61. The van der Waals surface area contributed by atoms with E-state index in [2.05, 4.69) is 34.4 Å². The lowest BCUT2D eigenvalue weighted by Crippen LogP contribution is -2.27. The van der Waals surface area contributed by atoms with Crippen molar-refractivity contribution in [3.8, 4) is 0 Å². The van der Waals surface area contributed by atoms with Crippen LogP contribution < -0.4 is 10.6 Å². The Morgan fingerprint density at radius 1 is 1.30 bits per heavy atom. The van der Waals surface area contributed by atoms with Crippen molar-refractivity contribution < 1.29 is 9.84 Å². The number of aromatic nitrogens is 2. The van der Waals surface area contributed by atoms with Gasteiger partial charge < -0.3 is 20.5 Å². The Hall–Kier alpha value is -1.40. The van der Waals surface area contributed by atoms with Crippen molar-refractivity contribution in [2.75, 3.05) is 37.5 Å². The van der Waals surface area contributed by atoms with Crippen LogP contribution >= 0.6 is 0 Å². The van der Waals surface area contributed by atoms with E-state index < -0.39 is 0 Å². The number of nitrogens with zero attached hydrogens (tertiary/aromatic N) is 2. The number of nitrogens with one attached hydrogen (secondary N) is 2. The number of aliphatic hydroxyl groups is 1. The predicted molar refractivity (Wildman–Crippen MR) is 81.3 cm³/mol. The quantitative estimate of drug-likeness (QED) is 0.641. The summed E-state index contributed by atoms with van der Waals surface area (Å²) in [7, 11) is 1.65. The van der Waals surface area contributed by atoms with Crippen molar-refractivity contribution in [1.29, 1.82) is 0 Å². The molecule has 0 radical (unpaired) electrons. The minimum Gasteiger partial charge on any atom is -0.396 e. The molecule has 114 valence electrons. The van der Waals surface area contributed by atoms with E-state index >= 15 is 0 Å².